The van der Waals surface area contributed by atoms with Crippen LogP contribution >= 0.6 is 0 Å². The smallest absolute Gasteiger partial charge is 0.131 e. The second-order valence-corrected chi connectivity index (χ2v) is 5.72. The van der Waals surface area contributed by atoms with Crippen LogP contribution in [0.5, 0.6) is 5.75 Å². The van der Waals surface area contributed by atoms with Gasteiger partial charge in [0.15, 0.2) is 0 Å². The first-order valence-electron chi connectivity index (χ1n) is 6.57. The molecule has 0 bridgehead atoms. The highest BCUT2D eigenvalue weighted by Gasteiger charge is 2.29. The third-order valence-electron chi connectivity index (χ3n) is 3.75. The molecule has 1 aliphatic heterocycles. The Bertz CT molecular complexity index is 628. The first-order chi connectivity index (χ1) is 8.98. The largest absolute Gasteiger partial charge is 0.487 e. The first kappa shape index (κ1) is 12.1. The minimum atomic E-state index is -0.125. The molecule has 19 heavy (non-hydrogen) atoms. The maximum absolute atomic E-state index is 6.18. The van der Waals surface area contributed by atoms with Crippen molar-refractivity contribution in [1.29, 1.82) is 0 Å². The number of aromatic nitrogens is 2. The van der Waals surface area contributed by atoms with Gasteiger partial charge in [-0.05, 0) is 32.3 Å². The van der Waals surface area contributed by atoms with Crippen molar-refractivity contribution in [2.45, 2.75) is 32.3 Å². The van der Waals surface area contributed by atoms with Crippen LogP contribution in [0.15, 0.2) is 24.4 Å². The first-order valence-corrected chi connectivity index (χ1v) is 6.57. The van der Waals surface area contributed by atoms with Crippen molar-refractivity contribution in [3.05, 3.63) is 30.0 Å². The van der Waals surface area contributed by atoms with Gasteiger partial charge in [0.25, 0.3) is 0 Å². The molecule has 0 fully saturated rings. The van der Waals surface area contributed by atoms with Crippen LogP contribution in [-0.4, -0.2) is 15.4 Å². The summed E-state index contributed by atoms with van der Waals surface area (Å²) < 4.78 is 7.86. The normalized spacial score (nSPS) is 16.8. The number of anilines is 1. The molecule has 0 saturated heterocycles. The van der Waals surface area contributed by atoms with Crippen molar-refractivity contribution < 1.29 is 4.74 Å². The zero-order valence-electron chi connectivity index (χ0n) is 11.6. The molecule has 0 saturated carbocycles. The standard InChI is InChI=1S/C15H19N3O/c1-15(2)8-7-10-5-4-6-11(13(10)19-15)12-9-17-18(3)14(12)16/h4-6,9H,7-8,16H2,1-3H3. The maximum atomic E-state index is 6.18. The van der Waals surface area contributed by atoms with E-state index in [9.17, 15) is 0 Å². The fourth-order valence-corrected chi connectivity index (χ4v) is 2.53. The summed E-state index contributed by atoms with van der Waals surface area (Å²) in [5.74, 6) is 1.62. The Hall–Kier alpha value is -1.97. The highest BCUT2D eigenvalue weighted by atomic mass is 16.5. The van der Waals surface area contributed by atoms with Gasteiger partial charge in [0.05, 0.1) is 6.20 Å². The molecule has 100 valence electrons. The molecule has 2 heterocycles. The van der Waals surface area contributed by atoms with Crippen LogP contribution in [0.2, 0.25) is 0 Å². The third kappa shape index (κ3) is 1.97. The molecule has 3 rings (SSSR count). The fraction of sp³-hybridized carbons (Fsp3) is 0.400. The lowest BCUT2D eigenvalue weighted by atomic mass is 9.91. The van der Waals surface area contributed by atoms with Crippen LogP contribution in [0.25, 0.3) is 11.1 Å². The molecular formula is C15H19N3O. The number of fused-ring (bicyclic) bond motifs is 1. The molecule has 0 aliphatic carbocycles. The minimum Gasteiger partial charge on any atom is -0.487 e. The lowest BCUT2D eigenvalue weighted by Crippen LogP contribution is -2.32. The van der Waals surface area contributed by atoms with Crippen LogP contribution in [0.4, 0.5) is 5.82 Å². The van der Waals surface area contributed by atoms with Gasteiger partial charge in [0.1, 0.15) is 17.2 Å². The fourth-order valence-electron chi connectivity index (χ4n) is 2.53. The number of aryl methyl sites for hydroxylation is 2. The third-order valence-corrected chi connectivity index (χ3v) is 3.75. The van der Waals surface area contributed by atoms with Gasteiger partial charge in [-0.15, -0.1) is 0 Å². The molecule has 1 aromatic carbocycles. The Morgan fingerprint density at radius 3 is 2.79 bits per heavy atom. The van der Waals surface area contributed by atoms with Gasteiger partial charge in [-0.25, -0.2) is 0 Å². The Morgan fingerprint density at radius 2 is 2.11 bits per heavy atom. The highest BCUT2D eigenvalue weighted by molar-refractivity contribution is 5.79. The molecule has 0 atom stereocenters. The summed E-state index contributed by atoms with van der Waals surface area (Å²) in [6, 6.07) is 6.23. The summed E-state index contributed by atoms with van der Waals surface area (Å²) in [5.41, 5.74) is 9.18. The van der Waals surface area contributed by atoms with E-state index in [2.05, 4.69) is 31.1 Å². The summed E-state index contributed by atoms with van der Waals surface area (Å²) in [4.78, 5) is 0. The quantitative estimate of drug-likeness (QED) is 0.854. The van der Waals surface area contributed by atoms with Crippen molar-refractivity contribution in [2.24, 2.45) is 7.05 Å². The zero-order chi connectivity index (χ0) is 13.6. The lowest BCUT2D eigenvalue weighted by Gasteiger charge is -2.33. The van der Waals surface area contributed by atoms with Crippen molar-refractivity contribution in [1.82, 2.24) is 9.78 Å². The molecule has 4 heteroatoms. The average Bonchev–Trinajstić information content (AvgIpc) is 2.68. The summed E-state index contributed by atoms with van der Waals surface area (Å²) >= 11 is 0. The number of nitrogens with two attached hydrogens (primary N) is 1. The average molecular weight is 257 g/mol. The van der Waals surface area contributed by atoms with E-state index in [1.54, 1.807) is 10.9 Å². The topological polar surface area (TPSA) is 53.1 Å². The Labute approximate surface area is 113 Å². The molecule has 0 amide bonds. The van der Waals surface area contributed by atoms with Gasteiger partial charge >= 0.3 is 0 Å². The zero-order valence-corrected chi connectivity index (χ0v) is 11.6. The maximum Gasteiger partial charge on any atom is 0.131 e. The van der Waals surface area contributed by atoms with Crippen LogP contribution in [-0.2, 0) is 13.5 Å². The number of para-hydroxylation sites is 1. The van der Waals surface area contributed by atoms with Gasteiger partial charge in [-0.1, -0.05) is 18.2 Å². The second-order valence-electron chi connectivity index (χ2n) is 5.72. The van der Waals surface area contributed by atoms with Crippen LogP contribution in [0, 0.1) is 0 Å². The summed E-state index contributed by atoms with van der Waals surface area (Å²) in [6.07, 6.45) is 3.87. The van der Waals surface area contributed by atoms with Gasteiger partial charge in [-0.2, -0.15) is 5.10 Å². The predicted molar refractivity (Wildman–Crippen MR) is 76.1 cm³/mol. The monoisotopic (exact) mass is 257 g/mol. The molecule has 1 aliphatic rings. The number of nitrogen functional groups attached to an aromatic ring is 1. The van der Waals surface area contributed by atoms with Crippen molar-refractivity contribution in [3.8, 4) is 16.9 Å². The number of benzene rings is 1. The molecule has 1 aromatic heterocycles. The number of rotatable bonds is 1. The molecule has 0 spiro atoms. The van der Waals surface area contributed by atoms with Crippen molar-refractivity contribution in [2.75, 3.05) is 5.73 Å². The van der Waals surface area contributed by atoms with E-state index < -0.39 is 0 Å². The van der Waals surface area contributed by atoms with Gasteiger partial charge in [-0.3, -0.25) is 4.68 Å². The summed E-state index contributed by atoms with van der Waals surface area (Å²) in [6.45, 7) is 4.25. The highest BCUT2D eigenvalue weighted by Crippen LogP contribution is 2.41. The Balaban J connectivity index is 2.16. The number of nitrogens with zero attached hydrogens (tertiary/aromatic N) is 2. The van der Waals surface area contributed by atoms with E-state index in [0.717, 1.165) is 29.7 Å². The Morgan fingerprint density at radius 1 is 1.32 bits per heavy atom. The van der Waals surface area contributed by atoms with Crippen LogP contribution in [0.1, 0.15) is 25.8 Å². The molecule has 2 N–H and O–H groups in total. The summed E-state index contributed by atoms with van der Waals surface area (Å²) in [7, 11) is 1.85. The van der Waals surface area contributed by atoms with E-state index in [4.69, 9.17) is 10.5 Å². The minimum absolute atomic E-state index is 0.125. The molecule has 4 nitrogen and oxygen atoms in total. The Kier molecular flexibility index (Phi) is 2.55. The number of hydrogen-bond acceptors (Lipinski definition) is 3. The second kappa shape index (κ2) is 4.02. The van der Waals surface area contributed by atoms with Crippen molar-refractivity contribution in [3.63, 3.8) is 0 Å². The van der Waals surface area contributed by atoms with Crippen LogP contribution < -0.4 is 10.5 Å². The number of ether oxygens (including phenoxy) is 1. The van der Waals surface area contributed by atoms with E-state index in [1.165, 1.54) is 5.56 Å². The molecule has 2 aromatic rings. The van der Waals surface area contributed by atoms with E-state index in [-0.39, 0.29) is 5.60 Å². The molecule has 0 unspecified atom stereocenters. The predicted octanol–water partition coefficient (Wildman–Crippen LogP) is 2.77. The molecular weight excluding hydrogens is 238 g/mol. The SMILES string of the molecule is Cn1ncc(-c2cccc3c2OC(C)(C)CC3)c1N. The summed E-state index contributed by atoms with van der Waals surface area (Å²) in [5, 5.41) is 4.21. The molecule has 0 radical (unpaired) electrons. The number of hydrogen-bond donors (Lipinski definition) is 1. The van der Waals surface area contributed by atoms with E-state index in [1.807, 2.05) is 13.1 Å². The van der Waals surface area contributed by atoms with E-state index in [0.29, 0.717) is 5.82 Å². The van der Waals surface area contributed by atoms with Gasteiger partial charge in [0, 0.05) is 18.2 Å². The van der Waals surface area contributed by atoms with Gasteiger partial charge < -0.3 is 10.5 Å². The van der Waals surface area contributed by atoms with Gasteiger partial charge in [0.2, 0.25) is 0 Å². The van der Waals surface area contributed by atoms with Crippen LogP contribution in [0.3, 0.4) is 0 Å². The van der Waals surface area contributed by atoms with Crippen molar-refractivity contribution >= 4 is 5.82 Å². The van der Waals surface area contributed by atoms with E-state index >= 15 is 0 Å². The lowest BCUT2D eigenvalue weighted by molar-refractivity contribution is 0.0855.